The highest BCUT2D eigenvalue weighted by molar-refractivity contribution is 5.91. The second-order valence-corrected chi connectivity index (χ2v) is 3.92. The van der Waals surface area contributed by atoms with E-state index in [1.807, 2.05) is 0 Å². The van der Waals surface area contributed by atoms with Crippen molar-refractivity contribution in [3.05, 3.63) is 23.3 Å². The van der Waals surface area contributed by atoms with E-state index in [-0.39, 0.29) is 5.56 Å². The summed E-state index contributed by atoms with van der Waals surface area (Å²) in [7, 11) is 3.00. The first-order chi connectivity index (χ1) is 8.63. The summed E-state index contributed by atoms with van der Waals surface area (Å²) in [6.45, 7) is 0.629. The molecule has 0 atom stereocenters. The molecule has 0 bridgehead atoms. The van der Waals surface area contributed by atoms with Crippen LogP contribution in [-0.2, 0) is 6.42 Å². The highest BCUT2D eigenvalue weighted by atomic mass is 16.5. The molecule has 3 N–H and O–H groups in total. The molecule has 0 aliphatic rings. The first kappa shape index (κ1) is 14.3. The zero-order valence-corrected chi connectivity index (χ0v) is 10.7. The Bertz CT molecular complexity index is 418. The third-order valence-electron chi connectivity index (χ3n) is 2.73. The Morgan fingerprint density at radius 1 is 1.22 bits per heavy atom. The number of hydrogen-bond donors (Lipinski definition) is 2. The van der Waals surface area contributed by atoms with E-state index in [4.69, 9.17) is 20.3 Å². The van der Waals surface area contributed by atoms with Crippen molar-refractivity contribution in [2.45, 2.75) is 19.3 Å². The summed E-state index contributed by atoms with van der Waals surface area (Å²) in [6, 6.07) is 3.22. The second-order valence-electron chi connectivity index (χ2n) is 3.92. The van der Waals surface area contributed by atoms with Crippen molar-refractivity contribution in [2.24, 2.45) is 5.73 Å². The van der Waals surface area contributed by atoms with Crippen molar-refractivity contribution >= 4 is 5.97 Å². The Labute approximate surface area is 107 Å². The molecule has 0 saturated carbocycles. The average molecular weight is 253 g/mol. The predicted molar refractivity (Wildman–Crippen MR) is 68.5 cm³/mol. The van der Waals surface area contributed by atoms with Gasteiger partial charge in [-0.3, -0.25) is 0 Å². The minimum absolute atomic E-state index is 0.154. The van der Waals surface area contributed by atoms with Crippen LogP contribution in [0.15, 0.2) is 12.1 Å². The third-order valence-corrected chi connectivity index (χ3v) is 2.73. The summed E-state index contributed by atoms with van der Waals surface area (Å²) in [5.41, 5.74) is 6.46. The number of unbranched alkanes of at least 4 members (excludes halogenated alkanes) is 1. The van der Waals surface area contributed by atoms with Gasteiger partial charge in [-0.25, -0.2) is 4.79 Å². The van der Waals surface area contributed by atoms with Gasteiger partial charge in [-0.1, -0.05) is 0 Å². The molecule has 1 rings (SSSR count). The molecule has 0 spiro atoms. The normalized spacial score (nSPS) is 10.2. The number of ether oxygens (including phenoxy) is 2. The molecule has 0 aliphatic carbocycles. The fraction of sp³-hybridized carbons (Fsp3) is 0.462. The molecule has 5 nitrogen and oxygen atoms in total. The Morgan fingerprint density at radius 2 is 1.89 bits per heavy atom. The van der Waals surface area contributed by atoms with Gasteiger partial charge in [0.1, 0.15) is 17.1 Å². The topological polar surface area (TPSA) is 81.8 Å². The summed E-state index contributed by atoms with van der Waals surface area (Å²) in [4.78, 5) is 11.1. The van der Waals surface area contributed by atoms with E-state index in [1.165, 1.54) is 7.11 Å². The minimum Gasteiger partial charge on any atom is -0.496 e. The van der Waals surface area contributed by atoms with E-state index in [2.05, 4.69) is 0 Å². The summed E-state index contributed by atoms with van der Waals surface area (Å²) in [5, 5.41) is 9.12. The summed E-state index contributed by atoms with van der Waals surface area (Å²) in [6.07, 6.45) is 2.54. The van der Waals surface area contributed by atoms with Gasteiger partial charge in [0.2, 0.25) is 0 Å². The Kier molecular flexibility index (Phi) is 5.45. The van der Waals surface area contributed by atoms with Crippen LogP contribution in [0.1, 0.15) is 28.8 Å². The lowest BCUT2D eigenvalue weighted by atomic mass is 10.0. The fourth-order valence-corrected chi connectivity index (χ4v) is 1.79. The Morgan fingerprint density at radius 3 is 2.39 bits per heavy atom. The van der Waals surface area contributed by atoms with Crippen LogP contribution in [0.5, 0.6) is 11.5 Å². The first-order valence-corrected chi connectivity index (χ1v) is 5.82. The van der Waals surface area contributed by atoms with Crippen LogP contribution in [0, 0.1) is 0 Å². The van der Waals surface area contributed by atoms with Gasteiger partial charge in [0.25, 0.3) is 0 Å². The molecule has 0 saturated heterocycles. The lowest BCUT2D eigenvalue weighted by Crippen LogP contribution is -2.05. The van der Waals surface area contributed by atoms with Gasteiger partial charge < -0.3 is 20.3 Å². The fourth-order valence-electron chi connectivity index (χ4n) is 1.79. The van der Waals surface area contributed by atoms with Crippen LogP contribution in [0.4, 0.5) is 0 Å². The molecule has 1 aromatic rings. The van der Waals surface area contributed by atoms with E-state index in [0.717, 1.165) is 24.8 Å². The maximum absolute atomic E-state index is 11.1. The molecule has 0 aromatic heterocycles. The van der Waals surface area contributed by atoms with Crippen molar-refractivity contribution < 1.29 is 19.4 Å². The van der Waals surface area contributed by atoms with Crippen molar-refractivity contribution in [3.8, 4) is 11.5 Å². The number of hydrogen-bond acceptors (Lipinski definition) is 4. The lowest BCUT2D eigenvalue weighted by Gasteiger charge is -2.12. The van der Waals surface area contributed by atoms with Gasteiger partial charge in [-0.2, -0.15) is 0 Å². The van der Waals surface area contributed by atoms with Crippen molar-refractivity contribution in [1.29, 1.82) is 0 Å². The van der Waals surface area contributed by atoms with Crippen LogP contribution in [0.25, 0.3) is 0 Å². The summed E-state index contributed by atoms with van der Waals surface area (Å²) < 4.78 is 10.3. The zero-order valence-electron chi connectivity index (χ0n) is 10.7. The Hall–Kier alpha value is -1.75. The number of benzene rings is 1. The number of nitrogens with two attached hydrogens (primary N) is 1. The summed E-state index contributed by atoms with van der Waals surface area (Å²) >= 11 is 0. The van der Waals surface area contributed by atoms with Gasteiger partial charge in [0.05, 0.1) is 14.2 Å². The molecule has 18 heavy (non-hydrogen) atoms. The molecule has 0 heterocycles. The highest BCUT2D eigenvalue weighted by Gasteiger charge is 2.15. The van der Waals surface area contributed by atoms with Crippen LogP contribution >= 0.6 is 0 Å². The number of carboxylic acids is 1. The molecule has 0 amide bonds. The maximum Gasteiger partial charge on any atom is 0.339 e. The molecule has 0 fully saturated rings. The second kappa shape index (κ2) is 6.86. The van der Waals surface area contributed by atoms with E-state index in [1.54, 1.807) is 19.2 Å². The Balaban J connectivity index is 3.07. The number of aryl methyl sites for hydroxylation is 1. The first-order valence-electron chi connectivity index (χ1n) is 5.82. The highest BCUT2D eigenvalue weighted by Crippen LogP contribution is 2.30. The largest absolute Gasteiger partial charge is 0.496 e. The van der Waals surface area contributed by atoms with Gasteiger partial charge in [0, 0.05) is 6.07 Å². The standard InChI is InChI=1S/C13H19NO4/c1-17-11-8-12(18-2)10(13(15)16)7-9(11)5-3-4-6-14/h7-8H,3-6,14H2,1-2H3,(H,15,16). The van der Waals surface area contributed by atoms with Crippen LogP contribution < -0.4 is 15.2 Å². The number of rotatable bonds is 7. The van der Waals surface area contributed by atoms with Gasteiger partial charge in [-0.05, 0) is 37.4 Å². The molecular weight excluding hydrogens is 234 g/mol. The number of carboxylic acid groups (broad SMARTS) is 1. The quantitative estimate of drug-likeness (QED) is 0.722. The van der Waals surface area contributed by atoms with Crippen LogP contribution in [0.2, 0.25) is 0 Å². The smallest absolute Gasteiger partial charge is 0.339 e. The molecule has 0 radical (unpaired) electrons. The number of methoxy groups -OCH3 is 2. The van der Waals surface area contributed by atoms with Crippen molar-refractivity contribution in [2.75, 3.05) is 20.8 Å². The van der Waals surface area contributed by atoms with Crippen LogP contribution in [0.3, 0.4) is 0 Å². The number of aromatic carboxylic acids is 1. The van der Waals surface area contributed by atoms with Crippen molar-refractivity contribution in [3.63, 3.8) is 0 Å². The van der Waals surface area contributed by atoms with Gasteiger partial charge in [-0.15, -0.1) is 0 Å². The van der Waals surface area contributed by atoms with Crippen molar-refractivity contribution in [1.82, 2.24) is 0 Å². The average Bonchev–Trinajstić information content (AvgIpc) is 2.38. The van der Waals surface area contributed by atoms with E-state index in [0.29, 0.717) is 18.0 Å². The third kappa shape index (κ3) is 3.37. The van der Waals surface area contributed by atoms with E-state index < -0.39 is 5.97 Å². The zero-order chi connectivity index (χ0) is 13.5. The minimum atomic E-state index is -1.01. The van der Waals surface area contributed by atoms with Gasteiger partial charge in [0.15, 0.2) is 0 Å². The molecule has 0 unspecified atom stereocenters. The molecular formula is C13H19NO4. The maximum atomic E-state index is 11.1. The lowest BCUT2D eigenvalue weighted by molar-refractivity contribution is 0.0693. The SMILES string of the molecule is COc1cc(OC)c(C(=O)O)cc1CCCCN. The predicted octanol–water partition coefficient (Wildman–Crippen LogP) is 1.68. The van der Waals surface area contributed by atoms with Crippen LogP contribution in [-0.4, -0.2) is 31.8 Å². The molecule has 0 aliphatic heterocycles. The molecule has 5 heteroatoms. The van der Waals surface area contributed by atoms with E-state index >= 15 is 0 Å². The van der Waals surface area contributed by atoms with E-state index in [9.17, 15) is 4.79 Å². The van der Waals surface area contributed by atoms with Gasteiger partial charge >= 0.3 is 5.97 Å². The summed E-state index contributed by atoms with van der Waals surface area (Å²) in [5.74, 6) is -0.0506. The number of carbonyl (C=O) groups is 1. The monoisotopic (exact) mass is 253 g/mol. The molecule has 1 aromatic carbocycles. The molecule has 100 valence electrons.